The molecule has 2 N–H and O–H groups in total. The molecule has 6 rings (SSSR count). The molecule has 7 nitrogen and oxygen atoms in total. The highest BCUT2D eigenvalue weighted by atomic mass is 19.1. The molecule has 1 aliphatic heterocycles. The molecule has 42 heavy (non-hydrogen) atoms. The minimum atomic E-state index is -0.339. The van der Waals surface area contributed by atoms with Crippen LogP contribution in [-0.4, -0.2) is 72.0 Å². The molecule has 2 heterocycles. The molecule has 1 amide bonds. The SMILES string of the molecule is CN1CCN(CCCNc2ncc3c(n2)-c2ccccc2C(c2ccc(NC(=O)Cc4cccc(F)c4)cc2)C3)CC1. The summed E-state index contributed by atoms with van der Waals surface area (Å²) >= 11 is 0. The zero-order valence-corrected chi connectivity index (χ0v) is 24.0. The average Bonchev–Trinajstić information content (AvgIpc) is 3.00. The number of benzene rings is 3. The third-order valence-electron chi connectivity index (χ3n) is 8.26. The number of anilines is 2. The molecular weight excluding hydrogens is 527 g/mol. The molecule has 4 aromatic rings. The molecule has 1 saturated heterocycles. The van der Waals surface area contributed by atoms with Crippen molar-refractivity contribution in [2.75, 3.05) is 56.9 Å². The molecule has 1 aliphatic carbocycles. The van der Waals surface area contributed by atoms with Crippen LogP contribution in [0.2, 0.25) is 0 Å². The third kappa shape index (κ3) is 6.66. The predicted octanol–water partition coefficient (Wildman–Crippen LogP) is 5.20. The topological polar surface area (TPSA) is 73.4 Å². The summed E-state index contributed by atoms with van der Waals surface area (Å²) in [5.74, 6) is 0.329. The fraction of sp³-hybridized carbons (Fsp3) is 0.324. The van der Waals surface area contributed by atoms with Gasteiger partial charge in [-0.05, 0) is 73.0 Å². The number of hydrogen-bond donors (Lipinski definition) is 2. The van der Waals surface area contributed by atoms with Gasteiger partial charge in [-0.1, -0.05) is 48.5 Å². The van der Waals surface area contributed by atoms with Crippen molar-refractivity contribution in [3.63, 3.8) is 0 Å². The molecule has 0 radical (unpaired) electrons. The van der Waals surface area contributed by atoms with Crippen LogP contribution < -0.4 is 10.6 Å². The van der Waals surface area contributed by atoms with E-state index in [2.05, 4.69) is 68.9 Å². The fourth-order valence-electron chi connectivity index (χ4n) is 5.93. The highest BCUT2D eigenvalue weighted by Gasteiger charge is 2.27. The Hall–Kier alpha value is -4.14. The Morgan fingerprint density at radius 1 is 1.00 bits per heavy atom. The smallest absolute Gasteiger partial charge is 0.228 e. The first kappa shape index (κ1) is 28.0. The van der Waals surface area contributed by atoms with Gasteiger partial charge in [0.2, 0.25) is 11.9 Å². The van der Waals surface area contributed by atoms with Crippen molar-refractivity contribution in [2.45, 2.75) is 25.2 Å². The Kier molecular flexibility index (Phi) is 8.53. The summed E-state index contributed by atoms with van der Waals surface area (Å²) in [6, 6.07) is 22.6. The largest absolute Gasteiger partial charge is 0.354 e. The van der Waals surface area contributed by atoms with Gasteiger partial charge in [0.1, 0.15) is 5.82 Å². The molecule has 0 bridgehead atoms. The summed E-state index contributed by atoms with van der Waals surface area (Å²) < 4.78 is 13.5. The number of carbonyl (C=O) groups is 1. The number of amides is 1. The maximum Gasteiger partial charge on any atom is 0.228 e. The van der Waals surface area contributed by atoms with E-state index in [1.165, 1.54) is 23.3 Å². The van der Waals surface area contributed by atoms with E-state index in [9.17, 15) is 9.18 Å². The number of hydrogen-bond acceptors (Lipinski definition) is 6. The predicted molar refractivity (Wildman–Crippen MR) is 165 cm³/mol. The number of rotatable bonds is 9. The van der Waals surface area contributed by atoms with Gasteiger partial charge in [0, 0.05) is 56.1 Å². The zero-order chi connectivity index (χ0) is 28.9. The molecule has 1 fully saturated rings. The maximum atomic E-state index is 13.5. The van der Waals surface area contributed by atoms with Gasteiger partial charge in [0.15, 0.2) is 0 Å². The Morgan fingerprint density at radius 3 is 2.62 bits per heavy atom. The molecule has 3 aromatic carbocycles. The first-order valence-corrected chi connectivity index (χ1v) is 14.8. The number of likely N-dealkylation sites (N-methyl/N-ethyl adjacent to an activating group) is 1. The molecule has 216 valence electrons. The van der Waals surface area contributed by atoms with Gasteiger partial charge in [0.25, 0.3) is 0 Å². The van der Waals surface area contributed by atoms with Crippen molar-refractivity contribution >= 4 is 17.5 Å². The summed E-state index contributed by atoms with van der Waals surface area (Å²) in [5.41, 5.74) is 7.05. The van der Waals surface area contributed by atoms with Crippen LogP contribution in [0.15, 0.2) is 79.0 Å². The number of aromatic nitrogens is 2. The highest BCUT2D eigenvalue weighted by Crippen LogP contribution is 2.42. The van der Waals surface area contributed by atoms with Crippen LogP contribution in [-0.2, 0) is 17.6 Å². The summed E-state index contributed by atoms with van der Waals surface area (Å²) in [6.45, 7) is 6.49. The lowest BCUT2D eigenvalue weighted by Gasteiger charge is -2.32. The van der Waals surface area contributed by atoms with Gasteiger partial charge in [-0.15, -0.1) is 0 Å². The Labute approximate surface area is 246 Å². The number of nitrogens with zero attached hydrogens (tertiary/aromatic N) is 4. The van der Waals surface area contributed by atoms with Gasteiger partial charge < -0.3 is 20.4 Å². The minimum Gasteiger partial charge on any atom is -0.354 e. The molecule has 1 unspecified atom stereocenters. The quantitative estimate of drug-likeness (QED) is 0.272. The van der Waals surface area contributed by atoms with Crippen LogP contribution >= 0.6 is 0 Å². The molecule has 1 atom stereocenters. The molecule has 0 spiro atoms. The molecule has 1 aromatic heterocycles. The lowest BCUT2D eigenvalue weighted by molar-refractivity contribution is -0.115. The van der Waals surface area contributed by atoms with E-state index in [0.29, 0.717) is 11.5 Å². The van der Waals surface area contributed by atoms with Gasteiger partial charge in [-0.3, -0.25) is 4.79 Å². The number of piperazine rings is 1. The van der Waals surface area contributed by atoms with E-state index in [0.717, 1.165) is 74.6 Å². The molecule has 0 saturated carbocycles. The van der Waals surface area contributed by atoms with Crippen molar-refractivity contribution in [1.29, 1.82) is 0 Å². The van der Waals surface area contributed by atoms with Crippen LogP contribution in [0.4, 0.5) is 16.0 Å². The highest BCUT2D eigenvalue weighted by molar-refractivity contribution is 5.92. The fourth-order valence-corrected chi connectivity index (χ4v) is 5.93. The maximum absolute atomic E-state index is 13.5. The molecule has 2 aliphatic rings. The van der Waals surface area contributed by atoms with E-state index >= 15 is 0 Å². The monoisotopic (exact) mass is 564 g/mol. The number of nitrogens with one attached hydrogen (secondary N) is 2. The Bertz CT molecular complexity index is 1530. The van der Waals surface area contributed by atoms with Crippen molar-refractivity contribution in [3.8, 4) is 11.3 Å². The second-order valence-electron chi connectivity index (χ2n) is 11.3. The summed E-state index contributed by atoms with van der Waals surface area (Å²) in [5, 5.41) is 6.37. The van der Waals surface area contributed by atoms with Gasteiger partial charge in [0.05, 0.1) is 12.1 Å². The number of carbonyl (C=O) groups excluding carboxylic acids is 1. The van der Waals surface area contributed by atoms with Gasteiger partial charge in [-0.2, -0.15) is 0 Å². The van der Waals surface area contributed by atoms with E-state index < -0.39 is 0 Å². The second kappa shape index (κ2) is 12.8. The van der Waals surface area contributed by atoms with Crippen molar-refractivity contribution in [1.82, 2.24) is 19.8 Å². The van der Waals surface area contributed by atoms with Crippen molar-refractivity contribution in [3.05, 3.63) is 107 Å². The second-order valence-corrected chi connectivity index (χ2v) is 11.3. The lowest BCUT2D eigenvalue weighted by atomic mass is 9.78. The summed E-state index contributed by atoms with van der Waals surface area (Å²) in [4.78, 5) is 27.0. The van der Waals surface area contributed by atoms with Crippen molar-refractivity contribution in [2.24, 2.45) is 0 Å². The van der Waals surface area contributed by atoms with E-state index in [-0.39, 0.29) is 24.1 Å². The van der Waals surface area contributed by atoms with Crippen molar-refractivity contribution < 1.29 is 9.18 Å². The van der Waals surface area contributed by atoms with Crippen LogP contribution in [0.3, 0.4) is 0 Å². The van der Waals surface area contributed by atoms with Crippen LogP contribution in [0.1, 0.15) is 34.6 Å². The number of halogens is 1. The van der Waals surface area contributed by atoms with E-state index in [4.69, 9.17) is 4.98 Å². The summed E-state index contributed by atoms with van der Waals surface area (Å²) in [6.07, 6.45) is 3.96. The lowest BCUT2D eigenvalue weighted by Crippen LogP contribution is -2.44. The Morgan fingerprint density at radius 2 is 1.81 bits per heavy atom. The van der Waals surface area contributed by atoms with Gasteiger partial charge in [-0.25, -0.2) is 14.4 Å². The average molecular weight is 565 g/mol. The van der Waals surface area contributed by atoms with Crippen LogP contribution in [0.5, 0.6) is 0 Å². The molecular formula is C34H37FN6O. The van der Waals surface area contributed by atoms with Gasteiger partial charge >= 0.3 is 0 Å². The zero-order valence-electron chi connectivity index (χ0n) is 24.0. The van der Waals surface area contributed by atoms with Crippen LogP contribution in [0, 0.1) is 5.82 Å². The van der Waals surface area contributed by atoms with E-state index in [1.54, 1.807) is 12.1 Å². The number of fused-ring (bicyclic) bond motifs is 3. The third-order valence-corrected chi connectivity index (χ3v) is 8.26. The normalized spacial score (nSPS) is 16.9. The Balaban J connectivity index is 1.10. The van der Waals surface area contributed by atoms with E-state index in [1.807, 2.05) is 18.3 Å². The first-order valence-electron chi connectivity index (χ1n) is 14.8. The standard InChI is InChI=1S/C34H37FN6O/c1-40-16-18-41(19-17-40)15-5-14-36-34-37-23-26-22-31(29-8-2-3-9-30(29)33(26)39-34)25-10-12-28(13-11-25)38-32(42)21-24-6-4-7-27(35)20-24/h2-4,6-13,20,23,31H,5,14-19,21-22H2,1H3,(H,38,42)(H,36,37,39). The molecule has 8 heteroatoms. The first-order chi connectivity index (χ1) is 20.5. The summed E-state index contributed by atoms with van der Waals surface area (Å²) in [7, 11) is 2.18. The minimum absolute atomic E-state index is 0.124. The van der Waals surface area contributed by atoms with Crippen LogP contribution in [0.25, 0.3) is 11.3 Å².